The summed E-state index contributed by atoms with van der Waals surface area (Å²) in [5.41, 5.74) is 3.26. The average molecular weight is 455 g/mol. The van der Waals surface area contributed by atoms with E-state index in [-0.39, 0.29) is 5.43 Å². The standard InChI is InChI=1S/C23H26N4O4S/c1-32-27-6-4-16(5-7-27)13-30-22-14-29-20(9-21(22)28)12-26-10-18-3-2-17(8-19(18)11-26)23-25-24-15-31-23/h2-3,8-9,14-16H,4-7,10-13H2,1H3. The van der Waals surface area contributed by atoms with E-state index in [1.807, 2.05) is 6.07 Å². The minimum Gasteiger partial charge on any atom is -0.486 e. The normalized spacial score (nSPS) is 17.5. The van der Waals surface area contributed by atoms with Crippen molar-refractivity contribution in [3.8, 4) is 17.2 Å². The minimum atomic E-state index is -0.122. The highest BCUT2D eigenvalue weighted by Crippen LogP contribution is 2.29. The molecular formula is C23H26N4O4S. The fraction of sp³-hybridized carbons (Fsp3) is 0.435. The summed E-state index contributed by atoms with van der Waals surface area (Å²) >= 11 is 1.79. The molecule has 0 unspecified atom stereocenters. The number of ether oxygens (including phenoxy) is 1. The summed E-state index contributed by atoms with van der Waals surface area (Å²) in [4.78, 5) is 14.8. The van der Waals surface area contributed by atoms with E-state index < -0.39 is 0 Å². The maximum absolute atomic E-state index is 12.5. The van der Waals surface area contributed by atoms with Crippen LogP contribution in [-0.4, -0.2) is 45.4 Å². The number of aromatic nitrogens is 2. The third kappa shape index (κ3) is 4.74. The first-order valence-electron chi connectivity index (χ1n) is 10.8. The molecule has 0 spiro atoms. The Morgan fingerprint density at radius 1 is 1.16 bits per heavy atom. The third-order valence-electron chi connectivity index (χ3n) is 6.14. The molecule has 5 rings (SSSR count). The highest BCUT2D eigenvalue weighted by molar-refractivity contribution is 7.96. The molecule has 0 saturated carbocycles. The van der Waals surface area contributed by atoms with Crippen molar-refractivity contribution in [2.45, 2.75) is 32.5 Å². The van der Waals surface area contributed by atoms with Gasteiger partial charge in [-0.25, -0.2) is 0 Å². The van der Waals surface area contributed by atoms with Gasteiger partial charge in [0.2, 0.25) is 23.5 Å². The highest BCUT2D eigenvalue weighted by Gasteiger charge is 2.22. The van der Waals surface area contributed by atoms with Crippen molar-refractivity contribution in [2.24, 2.45) is 5.92 Å². The third-order valence-corrected chi connectivity index (χ3v) is 7.02. The van der Waals surface area contributed by atoms with Crippen LogP contribution in [0.15, 0.2) is 50.6 Å². The van der Waals surface area contributed by atoms with Crippen LogP contribution < -0.4 is 10.2 Å². The van der Waals surface area contributed by atoms with Crippen LogP contribution >= 0.6 is 11.9 Å². The summed E-state index contributed by atoms with van der Waals surface area (Å²) < 4.78 is 19.2. The van der Waals surface area contributed by atoms with E-state index in [1.165, 1.54) is 23.8 Å². The first kappa shape index (κ1) is 21.2. The lowest BCUT2D eigenvalue weighted by Gasteiger charge is -2.29. The second kappa shape index (κ2) is 9.48. The van der Waals surface area contributed by atoms with Crippen LogP contribution in [-0.2, 0) is 19.6 Å². The van der Waals surface area contributed by atoms with E-state index in [1.54, 1.807) is 18.0 Å². The second-order valence-corrected chi connectivity index (χ2v) is 9.19. The molecule has 0 N–H and O–H groups in total. The molecule has 0 aliphatic carbocycles. The predicted molar refractivity (Wildman–Crippen MR) is 121 cm³/mol. The molecule has 0 amide bonds. The number of nitrogens with zero attached hydrogens (tertiary/aromatic N) is 4. The van der Waals surface area contributed by atoms with Crippen molar-refractivity contribution in [2.75, 3.05) is 26.0 Å². The van der Waals surface area contributed by atoms with Gasteiger partial charge in [0.05, 0.1) is 13.2 Å². The average Bonchev–Trinajstić information content (AvgIpc) is 3.48. The van der Waals surface area contributed by atoms with Crippen molar-refractivity contribution < 1.29 is 13.6 Å². The molecule has 4 heterocycles. The summed E-state index contributed by atoms with van der Waals surface area (Å²) in [6.45, 7) is 4.84. The van der Waals surface area contributed by atoms with Crippen molar-refractivity contribution >= 4 is 11.9 Å². The van der Waals surface area contributed by atoms with Crippen LogP contribution in [0.1, 0.15) is 29.7 Å². The molecule has 9 heteroatoms. The second-order valence-electron chi connectivity index (χ2n) is 8.31. The van der Waals surface area contributed by atoms with Gasteiger partial charge in [0.25, 0.3) is 0 Å². The van der Waals surface area contributed by atoms with Gasteiger partial charge in [-0.3, -0.25) is 14.0 Å². The number of benzene rings is 1. The van der Waals surface area contributed by atoms with Gasteiger partial charge in [0, 0.05) is 37.8 Å². The molecule has 168 valence electrons. The van der Waals surface area contributed by atoms with Gasteiger partial charge in [-0.1, -0.05) is 18.0 Å². The van der Waals surface area contributed by atoms with E-state index in [2.05, 4.69) is 37.8 Å². The quantitative estimate of drug-likeness (QED) is 0.497. The van der Waals surface area contributed by atoms with Gasteiger partial charge in [-0.15, -0.1) is 10.2 Å². The van der Waals surface area contributed by atoms with E-state index in [4.69, 9.17) is 13.6 Å². The molecule has 32 heavy (non-hydrogen) atoms. The highest BCUT2D eigenvalue weighted by atomic mass is 32.2. The molecule has 2 aromatic heterocycles. The fourth-order valence-electron chi connectivity index (χ4n) is 4.32. The topological polar surface area (TPSA) is 84.8 Å². The molecule has 1 fully saturated rings. The Balaban J connectivity index is 1.16. The number of hydrogen-bond donors (Lipinski definition) is 0. The molecule has 3 aromatic rings. The van der Waals surface area contributed by atoms with Crippen LogP contribution in [0.4, 0.5) is 0 Å². The van der Waals surface area contributed by atoms with Crippen LogP contribution in [0.25, 0.3) is 11.5 Å². The van der Waals surface area contributed by atoms with E-state index >= 15 is 0 Å². The predicted octanol–water partition coefficient (Wildman–Crippen LogP) is 3.57. The molecule has 2 aliphatic heterocycles. The Labute approximate surface area is 190 Å². The lowest BCUT2D eigenvalue weighted by molar-refractivity contribution is 0.184. The maximum atomic E-state index is 12.5. The number of fused-ring (bicyclic) bond motifs is 1. The largest absolute Gasteiger partial charge is 0.486 e. The van der Waals surface area contributed by atoms with Gasteiger partial charge in [0.1, 0.15) is 12.0 Å². The molecule has 0 radical (unpaired) electrons. The van der Waals surface area contributed by atoms with Crippen molar-refractivity contribution in [1.82, 2.24) is 19.4 Å². The number of rotatable bonds is 7. The smallest absolute Gasteiger partial charge is 0.247 e. The van der Waals surface area contributed by atoms with E-state index in [9.17, 15) is 4.79 Å². The Morgan fingerprint density at radius 3 is 2.75 bits per heavy atom. The first-order valence-corrected chi connectivity index (χ1v) is 12.0. The lowest BCUT2D eigenvalue weighted by Crippen LogP contribution is -2.31. The molecule has 1 saturated heterocycles. The van der Waals surface area contributed by atoms with E-state index in [0.717, 1.165) is 44.6 Å². The summed E-state index contributed by atoms with van der Waals surface area (Å²) in [5.74, 6) is 1.94. The zero-order valence-corrected chi connectivity index (χ0v) is 18.8. The van der Waals surface area contributed by atoms with Crippen LogP contribution in [0.2, 0.25) is 0 Å². The van der Waals surface area contributed by atoms with Crippen molar-refractivity contribution in [3.63, 3.8) is 0 Å². The van der Waals surface area contributed by atoms with Crippen molar-refractivity contribution in [1.29, 1.82) is 0 Å². The Morgan fingerprint density at radius 2 is 2.00 bits per heavy atom. The van der Waals surface area contributed by atoms with Gasteiger partial charge in [-0.05, 0) is 48.3 Å². The van der Waals surface area contributed by atoms with Crippen LogP contribution in [0.5, 0.6) is 5.75 Å². The Kier molecular flexibility index (Phi) is 6.29. The van der Waals surface area contributed by atoms with E-state index in [0.29, 0.717) is 36.5 Å². The number of hydrogen-bond acceptors (Lipinski definition) is 9. The molecule has 0 atom stereocenters. The minimum absolute atomic E-state index is 0.122. The zero-order valence-electron chi connectivity index (χ0n) is 18.0. The molecular weight excluding hydrogens is 428 g/mol. The SMILES string of the molecule is CSN1CCC(COc2coc(CN3Cc4ccc(-c5nnco5)cc4C3)cc2=O)CC1. The van der Waals surface area contributed by atoms with Gasteiger partial charge >= 0.3 is 0 Å². The summed E-state index contributed by atoms with van der Waals surface area (Å²) in [7, 11) is 0. The van der Waals surface area contributed by atoms with Crippen molar-refractivity contribution in [3.05, 3.63) is 64.0 Å². The van der Waals surface area contributed by atoms with Gasteiger partial charge in [-0.2, -0.15) is 0 Å². The monoisotopic (exact) mass is 454 g/mol. The summed E-state index contributed by atoms with van der Waals surface area (Å²) in [6.07, 6.45) is 7.09. The first-order chi connectivity index (χ1) is 15.7. The Hall–Kier alpha value is -2.62. The molecule has 8 nitrogen and oxygen atoms in total. The molecule has 0 bridgehead atoms. The lowest BCUT2D eigenvalue weighted by atomic mass is 9.99. The van der Waals surface area contributed by atoms with Gasteiger partial charge in [0.15, 0.2) is 0 Å². The number of piperidine rings is 1. The summed E-state index contributed by atoms with van der Waals surface area (Å²) in [6, 6.07) is 7.72. The summed E-state index contributed by atoms with van der Waals surface area (Å²) in [5, 5.41) is 7.72. The van der Waals surface area contributed by atoms with Gasteiger partial charge < -0.3 is 13.6 Å². The zero-order chi connectivity index (χ0) is 21.9. The maximum Gasteiger partial charge on any atom is 0.247 e. The fourth-order valence-corrected chi connectivity index (χ4v) is 4.90. The van der Waals surface area contributed by atoms with Crippen LogP contribution in [0.3, 0.4) is 0 Å². The van der Waals surface area contributed by atoms with Crippen LogP contribution in [0, 0.1) is 5.92 Å². The molecule has 1 aromatic carbocycles. The molecule has 2 aliphatic rings. The Bertz CT molecular complexity index is 1110.